The average Bonchev–Trinajstić information content (AvgIpc) is 3.58. The van der Waals surface area contributed by atoms with Crippen LogP contribution in [-0.4, -0.2) is 63.5 Å². The van der Waals surface area contributed by atoms with Gasteiger partial charge in [-0.2, -0.15) is 0 Å². The van der Waals surface area contributed by atoms with Gasteiger partial charge in [0.15, 0.2) is 0 Å². The fourth-order valence-electron chi connectivity index (χ4n) is 4.34. The number of hydrogen-bond donors (Lipinski definition) is 5. The first-order valence-electron chi connectivity index (χ1n) is 12.4. The molecule has 9 nitrogen and oxygen atoms in total. The van der Waals surface area contributed by atoms with E-state index in [1.165, 1.54) is 12.8 Å². The van der Waals surface area contributed by atoms with Crippen molar-refractivity contribution in [1.82, 2.24) is 9.97 Å². The molecule has 9 heteroatoms. The van der Waals surface area contributed by atoms with Crippen molar-refractivity contribution in [1.29, 1.82) is 0 Å². The van der Waals surface area contributed by atoms with Gasteiger partial charge < -0.3 is 31.1 Å². The molecule has 2 aromatic rings. The molecule has 1 saturated carbocycles. The molecule has 1 aliphatic heterocycles. The Hall–Kier alpha value is -2.91. The minimum absolute atomic E-state index is 0.0401. The van der Waals surface area contributed by atoms with Gasteiger partial charge in [0, 0.05) is 13.1 Å². The number of aliphatic hydroxyl groups excluding tert-OH is 2. The summed E-state index contributed by atoms with van der Waals surface area (Å²) in [7, 11) is 0. The third-order valence-corrected chi connectivity index (χ3v) is 6.91. The third kappa shape index (κ3) is 6.21. The molecule has 2 aliphatic rings. The molecule has 1 aliphatic carbocycles. The Balaban J connectivity index is 1.57. The number of amides is 1. The summed E-state index contributed by atoms with van der Waals surface area (Å²) in [5.74, 6) is 1.97. The summed E-state index contributed by atoms with van der Waals surface area (Å²) in [6.45, 7) is 9.19. The number of pyridine rings is 2. The second-order valence-electron chi connectivity index (χ2n) is 11.3. The van der Waals surface area contributed by atoms with Crippen LogP contribution in [-0.2, 0) is 0 Å². The lowest BCUT2D eigenvalue weighted by atomic mass is 9.93. The van der Waals surface area contributed by atoms with E-state index in [1.54, 1.807) is 30.3 Å². The highest BCUT2D eigenvalue weighted by Crippen LogP contribution is 2.54. The normalized spacial score (nSPS) is 17.3. The zero-order valence-electron chi connectivity index (χ0n) is 21.2. The number of anilines is 4. The van der Waals surface area contributed by atoms with E-state index in [9.17, 15) is 15.0 Å². The molecule has 1 amide bonds. The second-order valence-corrected chi connectivity index (χ2v) is 11.3. The summed E-state index contributed by atoms with van der Waals surface area (Å²) in [4.78, 5) is 24.9. The number of nitrogens with one attached hydrogen (secondary N) is 3. The molecular weight excluding hydrogens is 444 g/mol. The molecule has 0 unspecified atom stereocenters. The molecule has 4 rings (SSSR count). The van der Waals surface area contributed by atoms with Crippen molar-refractivity contribution in [2.24, 2.45) is 5.41 Å². The highest BCUT2D eigenvalue weighted by Gasteiger charge is 2.45. The minimum Gasteiger partial charge on any atom is -0.394 e. The second kappa shape index (κ2) is 9.62. The lowest BCUT2D eigenvalue weighted by Gasteiger charge is -2.34. The largest absolute Gasteiger partial charge is 0.394 e. The fourth-order valence-corrected chi connectivity index (χ4v) is 4.34. The van der Waals surface area contributed by atoms with Crippen LogP contribution in [0.4, 0.5) is 23.3 Å². The first kappa shape index (κ1) is 25.2. The Morgan fingerprint density at radius 2 is 1.46 bits per heavy atom. The van der Waals surface area contributed by atoms with Crippen molar-refractivity contribution in [2.45, 2.75) is 64.5 Å². The van der Waals surface area contributed by atoms with E-state index >= 15 is 0 Å². The van der Waals surface area contributed by atoms with Gasteiger partial charge in [0.25, 0.3) is 5.91 Å². The van der Waals surface area contributed by atoms with E-state index < -0.39 is 11.1 Å². The molecule has 3 heterocycles. The zero-order valence-corrected chi connectivity index (χ0v) is 21.2. The first-order chi connectivity index (χ1) is 16.5. The standard InChI is InChI=1S/C26H38N6O3/c1-24(2,16-33)30-20-7-5-6-19(27-20)29-23(35)18-8-9-21(31-25(3,4)17-34)28-22(18)32-14-12-26(10-11-26)13-15-32/h5-9,33-34H,10-17H2,1-4H3,(H,28,31)(H2,27,29,30,35). The van der Waals surface area contributed by atoms with E-state index in [-0.39, 0.29) is 19.1 Å². The van der Waals surface area contributed by atoms with Gasteiger partial charge in [-0.1, -0.05) is 6.07 Å². The summed E-state index contributed by atoms with van der Waals surface area (Å²) in [5.41, 5.74) is -0.0773. The van der Waals surface area contributed by atoms with Gasteiger partial charge in [-0.3, -0.25) is 4.79 Å². The quantitative estimate of drug-likeness (QED) is 0.368. The van der Waals surface area contributed by atoms with Crippen LogP contribution in [0.2, 0.25) is 0 Å². The molecule has 1 spiro atoms. The molecule has 5 N–H and O–H groups in total. The molecule has 0 atom stereocenters. The van der Waals surface area contributed by atoms with Crippen LogP contribution >= 0.6 is 0 Å². The summed E-state index contributed by atoms with van der Waals surface area (Å²) in [5, 5.41) is 28.5. The molecule has 0 radical (unpaired) electrons. The molecule has 1 saturated heterocycles. The van der Waals surface area contributed by atoms with E-state index in [2.05, 4.69) is 25.8 Å². The number of nitrogens with zero attached hydrogens (tertiary/aromatic N) is 3. The van der Waals surface area contributed by atoms with Crippen LogP contribution < -0.4 is 20.9 Å². The minimum atomic E-state index is -0.537. The van der Waals surface area contributed by atoms with E-state index in [1.807, 2.05) is 27.7 Å². The van der Waals surface area contributed by atoms with Crippen LogP contribution in [0, 0.1) is 5.41 Å². The van der Waals surface area contributed by atoms with Crippen LogP contribution in [0.5, 0.6) is 0 Å². The lowest BCUT2D eigenvalue weighted by Crippen LogP contribution is -2.38. The maximum atomic E-state index is 13.4. The first-order valence-corrected chi connectivity index (χ1v) is 12.4. The van der Waals surface area contributed by atoms with Gasteiger partial charge >= 0.3 is 0 Å². The Kier molecular flexibility index (Phi) is 6.92. The topological polar surface area (TPSA) is 123 Å². The Morgan fingerprint density at radius 1 is 0.886 bits per heavy atom. The Bertz CT molecular complexity index is 1060. The SMILES string of the molecule is CC(C)(CO)Nc1cccc(NC(=O)c2ccc(NC(C)(C)CO)nc2N2CCC3(CC2)CC3)n1. The van der Waals surface area contributed by atoms with Gasteiger partial charge in [-0.25, -0.2) is 9.97 Å². The van der Waals surface area contributed by atoms with Gasteiger partial charge in [0.05, 0.1) is 29.9 Å². The van der Waals surface area contributed by atoms with Crippen molar-refractivity contribution in [3.05, 3.63) is 35.9 Å². The highest BCUT2D eigenvalue weighted by molar-refractivity contribution is 6.07. The van der Waals surface area contributed by atoms with Crippen molar-refractivity contribution in [3.8, 4) is 0 Å². The van der Waals surface area contributed by atoms with Crippen LogP contribution in [0.1, 0.15) is 63.7 Å². The van der Waals surface area contributed by atoms with E-state index in [0.717, 1.165) is 25.9 Å². The lowest BCUT2D eigenvalue weighted by molar-refractivity contribution is 0.102. The van der Waals surface area contributed by atoms with Crippen LogP contribution in [0.15, 0.2) is 30.3 Å². The molecule has 0 aromatic carbocycles. The average molecular weight is 483 g/mol. The number of carbonyl (C=O) groups excluding carboxylic acids is 1. The predicted octanol–water partition coefficient (Wildman–Crippen LogP) is 3.47. The molecular formula is C26H38N6O3. The zero-order chi connectivity index (χ0) is 25.3. The highest BCUT2D eigenvalue weighted by atomic mass is 16.3. The van der Waals surface area contributed by atoms with Crippen LogP contribution in [0.3, 0.4) is 0 Å². The van der Waals surface area contributed by atoms with Gasteiger partial charge in [-0.15, -0.1) is 0 Å². The number of hydrogen-bond acceptors (Lipinski definition) is 8. The molecule has 2 aromatic heterocycles. The molecule has 0 bridgehead atoms. The Morgan fingerprint density at radius 3 is 2.03 bits per heavy atom. The summed E-state index contributed by atoms with van der Waals surface area (Å²) in [6.07, 6.45) is 4.84. The molecule has 35 heavy (non-hydrogen) atoms. The number of piperidine rings is 1. The summed E-state index contributed by atoms with van der Waals surface area (Å²) < 4.78 is 0. The third-order valence-electron chi connectivity index (χ3n) is 6.91. The smallest absolute Gasteiger partial charge is 0.260 e. The number of rotatable bonds is 9. The number of carbonyl (C=O) groups is 1. The van der Waals surface area contributed by atoms with Crippen molar-refractivity contribution >= 4 is 29.2 Å². The number of aromatic nitrogens is 2. The van der Waals surface area contributed by atoms with E-state index in [4.69, 9.17) is 4.98 Å². The molecule has 190 valence electrons. The van der Waals surface area contributed by atoms with Gasteiger partial charge in [0.1, 0.15) is 23.3 Å². The summed E-state index contributed by atoms with van der Waals surface area (Å²) in [6, 6.07) is 8.90. The maximum Gasteiger partial charge on any atom is 0.260 e. The fraction of sp³-hybridized carbons (Fsp3) is 0.577. The summed E-state index contributed by atoms with van der Waals surface area (Å²) >= 11 is 0. The Labute approximate surface area is 207 Å². The van der Waals surface area contributed by atoms with Crippen molar-refractivity contribution in [3.63, 3.8) is 0 Å². The van der Waals surface area contributed by atoms with Crippen LogP contribution in [0.25, 0.3) is 0 Å². The monoisotopic (exact) mass is 482 g/mol. The maximum absolute atomic E-state index is 13.4. The van der Waals surface area contributed by atoms with Crippen molar-refractivity contribution < 1.29 is 15.0 Å². The van der Waals surface area contributed by atoms with E-state index in [0.29, 0.717) is 34.2 Å². The van der Waals surface area contributed by atoms with Gasteiger partial charge in [0.2, 0.25) is 0 Å². The predicted molar refractivity (Wildman–Crippen MR) is 139 cm³/mol. The molecule has 2 fully saturated rings. The van der Waals surface area contributed by atoms with Gasteiger partial charge in [-0.05, 0) is 83.1 Å². The number of aliphatic hydroxyl groups is 2. The van der Waals surface area contributed by atoms with Crippen molar-refractivity contribution in [2.75, 3.05) is 47.2 Å².